The fourth-order valence-electron chi connectivity index (χ4n) is 1.97. The second-order valence-electron chi connectivity index (χ2n) is 4.22. The first-order valence-corrected chi connectivity index (χ1v) is 5.66. The van der Waals surface area contributed by atoms with Gasteiger partial charge in [-0.3, -0.25) is 19.2 Å². The van der Waals surface area contributed by atoms with Crippen molar-refractivity contribution in [2.24, 2.45) is 12.8 Å². The first-order valence-electron chi connectivity index (χ1n) is 5.66. The molecule has 0 bridgehead atoms. The summed E-state index contributed by atoms with van der Waals surface area (Å²) in [5.41, 5.74) is 6.64. The number of likely N-dealkylation sites (tertiary alicyclic amines) is 1. The van der Waals surface area contributed by atoms with E-state index in [9.17, 15) is 9.59 Å². The number of aryl methyl sites for hydroxylation is 1. The van der Waals surface area contributed by atoms with Gasteiger partial charge < -0.3 is 5.73 Å². The quantitative estimate of drug-likeness (QED) is 0.713. The molecule has 6 heteroatoms. The van der Waals surface area contributed by atoms with Gasteiger partial charge in [0, 0.05) is 38.3 Å². The summed E-state index contributed by atoms with van der Waals surface area (Å²) < 4.78 is 1.73. The number of imide groups is 1. The van der Waals surface area contributed by atoms with E-state index in [4.69, 9.17) is 5.73 Å². The van der Waals surface area contributed by atoms with E-state index >= 15 is 0 Å². The maximum atomic E-state index is 11.7. The molecule has 0 saturated carbocycles. The van der Waals surface area contributed by atoms with Gasteiger partial charge in [0.05, 0.1) is 6.04 Å². The predicted octanol–water partition coefficient (Wildman–Crippen LogP) is -0.561. The number of hydrogen-bond donors (Lipinski definition) is 1. The lowest BCUT2D eigenvalue weighted by Crippen LogP contribution is -2.51. The minimum absolute atomic E-state index is 0.126. The van der Waals surface area contributed by atoms with Crippen LogP contribution in [0.25, 0.3) is 0 Å². The zero-order valence-electron chi connectivity index (χ0n) is 9.80. The van der Waals surface area contributed by atoms with E-state index in [1.165, 1.54) is 4.90 Å². The van der Waals surface area contributed by atoms with Gasteiger partial charge in [-0.1, -0.05) is 0 Å². The summed E-state index contributed by atoms with van der Waals surface area (Å²) in [5.74, 6) is -0.387. The first kappa shape index (κ1) is 11.8. The average Bonchev–Trinajstić information content (AvgIpc) is 2.70. The summed E-state index contributed by atoms with van der Waals surface area (Å²) in [4.78, 5) is 24.6. The highest BCUT2D eigenvalue weighted by Crippen LogP contribution is 2.12. The second kappa shape index (κ2) is 4.67. The third-order valence-electron chi connectivity index (χ3n) is 3.07. The average molecular weight is 236 g/mol. The highest BCUT2D eigenvalue weighted by atomic mass is 16.2. The number of nitrogens with two attached hydrogens (primary N) is 1. The summed E-state index contributed by atoms with van der Waals surface area (Å²) in [6.07, 6.45) is 3.12. The van der Waals surface area contributed by atoms with Gasteiger partial charge in [0.2, 0.25) is 11.8 Å². The number of nitrogens with zero attached hydrogens (tertiary/aromatic N) is 3. The standard InChI is InChI=1S/C11H16N4O2/c1-14-8(4-6-13-14)5-7-15-10(16)3-2-9(12)11(15)17/h4,6,9H,2-3,5,7,12H2,1H3. The molecule has 1 atom stereocenters. The van der Waals surface area contributed by atoms with Crippen LogP contribution in [0, 0.1) is 0 Å². The van der Waals surface area contributed by atoms with E-state index in [-0.39, 0.29) is 11.8 Å². The van der Waals surface area contributed by atoms with Crippen molar-refractivity contribution in [1.29, 1.82) is 0 Å². The summed E-state index contributed by atoms with van der Waals surface area (Å²) in [6.45, 7) is 0.380. The molecule has 1 unspecified atom stereocenters. The van der Waals surface area contributed by atoms with Crippen LogP contribution in [0.5, 0.6) is 0 Å². The van der Waals surface area contributed by atoms with Crippen molar-refractivity contribution in [2.45, 2.75) is 25.3 Å². The van der Waals surface area contributed by atoms with Gasteiger partial charge in [0.25, 0.3) is 0 Å². The van der Waals surface area contributed by atoms with Gasteiger partial charge in [-0.15, -0.1) is 0 Å². The van der Waals surface area contributed by atoms with Gasteiger partial charge in [-0.2, -0.15) is 5.10 Å². The number of amides is 2. The van der Waals surface area contributed by atoms with Gasteiger partial charge >= 0.3 is 0 Å². The smallest absolute Gasteiger partial charge is 0.246 e. The lowest BCUT2D eigenvalue weighted by Gasteiger charge is -2.28. The molecule has 1 aliphatic rings. The zero-order chi connectivity index (χ0) is 12.4. The third-order valence-corrected chi connectivity index (χ3v) is 3.07. The van der Waals surface area contributed by atoms with Crippen LogP contribution < -0.4 is 5.73 Å². The number of hydrogen-bond acceptors (Lipinski definition) is 4. The Hall–Kier alpha value is -1.69. The minimum atomic E-state index is -0.528. The Morgan fingerprint density at radius 1 is 1.53 bits per heavy atom. The van der Waals surface area contributed by atoms with E-state index in [2.05, 4.69) is 5.10 Å². The van der Waals surface area contributed by atoms with Gasteiger partial charge in [-0.05, 0) is 12.5 Å². The Labute approximate surface area is 99.4 Å². The van der Waals surface area contributed by atoms with Crippen LogP contribution in [0.2, 0.25) is 0 Å². The second-order valence-corrected chi connectivity index (χ2v) is 4.22. The van der Waals surface area contributed by atoms with Crippen LogP contribution in [0.15, 0.2) is 12.3 Å². The van der Waals surface area contributed by atoms with Crippen LogP contribution in [-0.4, -0.2) is 39.1 Å². The number of aromatic nitrogens is 2. The molecule has 0 aliphatic carbocycles. The topological polar surface area (TPSA) is 81.2 Å². The molecule has 92 valence electrons. The highest BCUT2D eigenvalue weighted by Gasteiger charge is 2.31. The zero-order valence-corrected chi connectivity index (χ0v) is 9.80. The molecule has 2 heterocycles. The molecular formula is C11H16N4O2. The van der Waals surface area contributed by atoms with Gasteiger partial charge in [0.1, 0.15) is 0 Å². The third kappa shape index (κ3) is 2.36. The first-order chi connectivity index (χ1) is 8.09. The molecule has 0 radical (unpaired) electrons. The van der Waals surface area contributed by atoms with E-state index in [1.54, 1.807) is 10.9 Å². The van der Waals surface area contributed by atoms with Crippen molar-refractivity contribution in [2.75, 3.05) is 6.54 Å². The molecule has 1 fully saturated rings. The number of carbonyl (C=O) groups is 2. The number of piperidine rings is 1. The molecule has 1 aromatic heterocycles. The van der Waals surface area contributed by atoms with Gasteiger partial charge in [-0.25, -0.2) is 0 Å². The SMILES string of the molecule is Cn1nccc1CCN1C(=O)CCC(N)C1=O. The van der Waals surface area contributed by atoms with Crippen LogP contribution in [0.1, 0.15) is 18.5 Å². The summed E-state index contributed by atoms with van der Waals surface area (Å²) in [7, 11) is 1.83. The maximum Gasteiger partial charge on any atom is 0.246 e. The molecule has 1 aromatic rings. The van der Waals surface area contributed by atoms with Crippen LogP contribution >= 0.6 is 0 Å². The van der Waals surface area contributed by atoms with Crippen molar-refractivity contribution < 1.29 is 9.59 Å². The van der Waals surface area contributed by atoms with Gasteiger partial charge in [0.15, 0.2) is 0 Å². The van der Waals surface area contributed by atoms with E-state index in [0.29, 0.717) is 25.8 Å². The van der Waals surface area contributed by atoms with Crippen molar-refractivity contribution in [1.82, 2.24) is 14.7 Å². The summed E-state index contributed by atoms with van der Waals surface area (Å²) in [5, 5.41) is 4.04. The Morgan fingerprint density at radius 2 is 2.29 bits per heavy atom. The highest BCUT2D eigenvalue weighted by molar-refractivity contribution is 6.00. The van der Waals surface area contributed by atoms with Crippen LogP contribution in [0.4, 0.5) is 0 Å². The molecule has 2 rings (SSSR count). The molecule has 2 amide bonds. The Kier molecular flexibility index (Phi) is 3.23. The summed E-state index contributed by atoms with van der Waals surface area (Å²) in [6, 6.07) is 1.35. The fraction of sp³-hybridized carbons (Fsp3) is 0.545. The van der Waals surface area contributed by atoms with Crippen molar-refractivity contribution in [3.8, 4) is 0 Å². The molecule has 1 aliphatic heterocycles. The number of carbonyl (C=O) groups excluding carboxylic acids is 2. The van der Waals surface area contributed by atoms with Crippen molar-refractivity contribution in [3.63, 3.8) is 0 Å². The lowest BCUT2D eigenvalue weighted by molar-refractivity contribution is -0.149. The molecule has 1 saturated heterocycles. The van der Waals surface area contributed by atoms with E-state index < -0.39 is 6.04 Å². The predicted molar refractivity (Wildman–Crippen MR) is 60.8 cm³/mol. The normalized spacial score (nSPS) is 21.1. The minimum Gasteiger partial charge on any atom is -0.320 e. The van der Waals surface area contributed by atoms with Crippen molar-refractivity contribution >= 4 is 11.8 Å². The Balaban J connectivity index is 2.00. The maximum absolute atomic E-state index is 11.7. The Bertz CT molecular complexity index is 440. The van der Waals surface area contributed by atoms with E-state index in [1.807, 2.05) is 13.1 Å². The fourth-order valence-corrected chi connectivity index (χ4v) is 1.97. The molecule has 0 spiro atoms. The molecule has 0 aromatic carbocycles. The number of rotatable bonds is 3. The molecule has 17 heavy (non-hydrogen) atoms. The lowest BCUT2D eigenvalue weighted by atomic mass is 10.0. The monoisotopic (exact) mass is 236 g/mol. The largest absolute Gasteiger partial charge is 0.320 e. The van der Waals surface area contributed by atoms with Crippen molar-refractivity contribution in [3.05, 3.63) is 18.0 Å². The van der Waals surface area contributed by atoms with E-state index in [0.717, 1.165) is 5.69 Å². The molecular weight excluding hydrogens is 220 g/mol. The Morgan fingerprint density at radius 3 is 2.94 bits per heavy atom. The molecule has 2 N–H and O–H groups in total. The molecule has 6 nitrogen and oxygen atoms in total. The summed E-state index contributed by atoms with van der Waals surface area (Å²) >= 11 is 0. The van der Waals surface area contributed by atoms with Crippen LogP contribution in [-0.2, 0) is 23.1 Å². The van der Waals surface area contributed by atoms with Crippen LogP contribution in [0.3, 0.4) is 0 Å².